The number of aromatic nitrogens is 2. The highest BCUT2D eigenvalue weighted by Gasteiger charge is 2.31. The molecule has 0 radical (unpaired) electrons. The summed E-state index contributed by atoms with van der Waals surface area (Å²) in [6, 6.07) is 0.334. The molecular formula is C12H22N4. The molecule has 1 saturated heterocycles. The number of likely N-dealkylation sites (tertiary alicyclic amines) is 1. The predicted octanol–water partition coefficient (Wildman–Crippen LogP) is 1.01. The summed E-state index contributed by atoms with van der Waals surface area (Å²) in [5, 5.41) is 4.23. The molecule has 1 fully saturated rings. The van der Waals surface area contributed by atoms with Gasteiger partial charge in [0.05, 0.1) is 12.2 Å². The van der Waals surface area contributed by atoms with Gasteiger partial charge in [-0.3, -0.25) is 9.58 Å². The zero-order chi connectivity index (χ0) is 11.7. The maximum atomic E-state index is 5.91. The average Bonchev–Trinajstić information content (AvgIpc) is 2.77. The Morgan fingerprint density at radius 2 is 2.06 bits per heavy atom. The molecule has 3 unspecified atom stereocenters. The van der Waals surface area contributed by atoms with Gasteiger partial charge in [0, 0.05) is 38.4 Å². The van der Waals surface area contributed by atoms with Crippen LogP contribution < -0.4 is 5.73 Å². The molecule has 0 aromatic carbocycles. The molecule has 0 aliphatic carbocycles. The minimum absolute atomic E-state index is 0.334. The summed E-state index contributed by atoms with van der Waals surface area (Å²) in [5.41, 5.74) is 7.15. The summed E-state index contributed by atoms with van der Waals surface area (Å²) in [6.07, 6.45) is 4.01. The van der Waals surface area contributed by atoms with Gasteiger partial charge in [-0.1, -0.05) is 13.8 Å². The van der Waals surface area contributed by atoms with Crippen molar-refractivity contribution >= 4 is 0 Å². The molecule has 0 bridgehead atoms. The van der Waals surface area contributed by atoms with Crippen molar-refractivity contribution < 1.29 is 0 Å². The first-order valence-corrected chi connectivity index (χ1v) is 6.04. The number of hydrogen-bond donors (Lipinski definition) is 1. The zero-order valence-electron chi connectivity index (χ0n) is 10.4. The van der Waals surface area contributed by atoms with Crippen molar-refractivity contribution in [3.63, 3.8) is 0 Å². The number of aryl methyl sites for hydroxylation is 1. The van der Waals surface area contributed by atoms with Gasteiger partial charge in [0.2, 0.25) is 0 Å². The van der Waals surface area contributed by atoms with E-state index in [9.17, 15) is 0 Å². The van der Waals surface area contributed by atoms with E-state index < -0.39 is 0 Å². The van der Waals surface area contributed by atoms with Gasteiger partial charge in [0.25, 0.3) is 0 Å². The molecule has 16 heavy (non-hydrogen) atoms. The van der Waals surface area contributed by atoms with Crippen LogP contribution in [0.4, 0.5) is 0 Å². The van der Waals surface area contributed by atoms with Crippen molar-refractivity contribution in [2.24, 2.45) is 24.6 Å². The molecule has 0 spiro atoms. The van der Waals surface area contributed by atoms with Gasteiger partial charge in [-0.15, -0.1) is 0 Å². The van der Waals surface area contributed by atoms with Crippen molar-refractivity contribution in [1.82, 2.24) is 14.7 Å². The van der Waals surface area contributed by atoms with Gasteiger partial charge in [-0.05, 0) is 11.8 Å². The molecule has 4 nitrogen and oxygen atoms in total. The molecule has 1 aliphatic rings. The molecule has 90 valence electrons. The van der Waals surface area contributed by atoms with E-state index in [0.717, 1.165) is 24.9 Å². The molecule has 2 rings (SSSR count). The van der Waals surface area contributed by atoms with Gasteiger partial charge in [-0.25, -0.2) is 0 Å². The summed E-state index contributed by atoms with van der Waals surface area (Å²) in [5.74, 6) is 1.54. The van der Waals surface area contributed by atoms with Crippen LogP contribution in [-0.2, 0) is 7.05 Å². The van der Waals surface area contributed by atoms with Crippen molar-refractivity contribution in [3.05, 3.63) is 18.0 Å². The Balaban J connectivity index is 2.12. The van der Waals surface area contributed by atoms with Crippen LogP contribution in [0.5, 0.6) is 0 Å². The second-order valence-electron chi connectivity index (χ2n) is 5.11. The molecule has 0 amide bonds. The third-order valence-corrected chi connectivity index (χ3v) is 3.79. The molecule has 4 heteroatoms. The fourth-order valence-electron chi connectivity index (χ4n) is 2.54. The quantitative estimate of drug-likeness (QED) is 0.830. The SMILES string of the molecule is CC1CN(C(CN)c2cnn(C)c2)CC1C. The number of nitrogens with two attached hydrogens (primary N) is 1. The number of nitrogens with zero attached hydrogens (tertiary/aromatic N) is 3. The van der Waals surface area contributed by atoms with Crippen LogP contribution in [0.25, 0.3) is 0 Å². The number of rotatable bonds is 3. The van der Waals surface area contributed by atoms with E-state index in [2.05, 4.69) is 30.0 Å². The zero-order valence-corrected chi connectivity index (χ0v) is 10.4. The lowest BCUT2D eigenvalue weighted by Crippen LogP contribution is -2.32. The largest absolute Gasteiger partial charge is 0.329 e. The van der Waals surface area contributed by atoms with Crippen molar-refractivity contribution in [1.29, 1.82) is 0 Å². The Morgan fingerprint density at radius 3 is 2.50 bits per heavy atom. The second-order valence-corrected chi connectivity index (χ2v) is 5.11. The Morgan fingerprint density at radius 1 is 1.44 bits per heavy atom. The highest BCUT2D eigenvalue weighted by molar-refractivity contribution is 5.12. The first-order chi connectivity index (χ1) is 7.61. The van der Waals surface area contributed by atoms with Gasteiger partial charge in [-0.2, -0.15) is 5.10 Å². The van der Waals surface area contributed by atoms with E-state index in [-0.39, 0.29) is 0 Å². The Hall–Kier alpha value is -0.870. The predicted molar refractivity (Wildman–Crippen MR) is 64.9 cm³/mol. The number of hydrogen-bond acceptors (Lipinski definition) is 3. The van der Waals surface area contributed by atoms with Crippen LogP contribution in [0.2, 0.25) is 0 Å². The molecule has 3 atom stereocenters. The summed E-state index contributed by atoms with van der Waals surface area (Å²) >= 11 is 0. The van der Waals surface area contributed by atoms with E-state index in [0.29, 0.717) is 12.6 Å². The first-order valence-electron chi connectivity index (χ1n) is 6.04. The molecule has 1 aliphatic heterocycles. The standard InChI is InChI=1S/C12H22N4/c1-9-6-16(7-10(9)2)12(4-13)11-5-14-15(3)8-11/h5,8-10,12H,4,6-7,13H2,1-3H3. The monoisotopic (exact) mass is 222 g/mol. The van der Waals surface area contributed by atoms with Crippen LogP contribution in [0.3, 0.4) is 0 Å². The average molecular weight is 222 g/mol. The lowest BCUT2D eigenvalue weighted by atomic mass is 10.0. The molecule has 1 aromatic heterocycles. The highest BCUT2D eigenvalue weighted by atomic mass is 15.3. The summed E-state index contributed by atoms with van der Waals surface area (Å²) in [7, 11) is 1.95. The normalized spacial score (nSPS) is 28.5. The van der Waals surface area contributed by atoms with E-state index in [4.69, 9.17) is 5.73 Å². The van der Waals surface area contributed by atoms with Crippen LogP contribution in [-0.4, -0.2) is 34.3 Å². The molecule has 0 saturated carbocycles. The fourth-order valence-corrected chi connectivity index (χ4v) is 2.54. The first kappa shape index (κ1) is 11.6. The third kappa shape index (κ3) is 2.13. The summed E-state index contributed by atoms with van der Waals surface area (Å²) in [6.45, 7) is 7.62. The third-order valence-electron chi connectivity index (χ3n) is 3.79. The molecule has 2 N–H and O–H groups in total. The Kier molecular flexibility index (Phi) is 3.30. The smallest absolute Gasteiger partial charge is 0.0538 e. The van der Waals surface area contributed by atoms with E-state index in [1.54, 1.807) is 0 Å². The fraction of sp³-hybridized carbons (Fsp3) is 0.750. The lowest BCUT2D eigenvalue weighted by molar-refractivity contribution is 0.240. The molecule has 2 heterocycles. The summed E-state index contributed by atoms with van der Waals surface area (Å²) < 4.78 is 1.85. The minimum atomic E-state index is 0.334. The second kappa shape index (κ2) is 4.55. The van der Waals surface area contributed by atoms with E-state index in [1.807, 2.05) is 17.9 Å². The van der Waals surface area contributed by atoms with Gasteiger partial charge >= 0.3 is 0 Å². The summed E-state index contributed by atoms with van der Waals surface area (Å²) in [4.78, 5) is 2.49. The van der Waals surface area contributed by atoms with Crippen LogP contribution in [0.1, 0.15) is 25.5 Å². The Labute approximate surface area is 97.4 Å². The van der Waals surface area contributed by atoms with Crippen LogP contribution >= 0.6 is 0 Å². The van der Waals surface area contributed by atoms with Gasteiger partial charge < -0.3 is 5.73 Å². The maximum absolute atomic E-state index is 5.91. The Bertz CT molecular complexity index is 337. The van der Waals surface area contributed by atoms with Gasteiger partial charge in [0.1, 0.15) is 0 Å². The molecular weight excluding hydrogens is 200 g/mol. The van der Waals surface area contributed by atoms with E-state index >= 15 is 0 Å². The van der Waals surface area contributed by atoms with Crippen molar-refractivity contribution in [3.8, 4) is 0 Å². The van der Waals surface area contributed by atoms with Crippen molar-refractivity contribution in [2.75, 3.05) is 19.6 Å². The van der Waals surface area contributed by atoms with Crippen LogP contribution in [0.15, 0.2) is 12.4 Å². The van der Waals surface area contributed by atoms with Gasteiger partial charge in [0.15, 0.2) is 0 Å². The molecule has 1 aromatic rings. The topological polar surface area (TPSA) is 47.1 Å². The lowest BCUT2D eigenvalue weighted by Gasteiger charge is -2.25. The minimum Gasteiger partial charge on any atom is -0.329 e. The maximum Gasteiger partial charge on any atom is 0.0538 e. The highest BCUT2D eigenvalue weighted by Crippen LogP contribution is 2.29. The van der Waals surface area contributed by atoms with Crippen molar-refractivity contribution in [2.45, 2.75) is 19.9 Å². The van der Waals surface area contributed by atoms with E-state index in [1.165, 1.54) is 5.56 Å². The van der Waals surface area contributed by atoms with Crippen LogP contribution in [0, 0.1) is 11.8 Å².